The van der Waals surface area contributed by atoms with Crippen molar-refractivity contribution in [2.45, 2.75) is 20.3 Å². The van der Waals surface area contributed by atoms with Gasteiger partial charge >= 0.3 is 0 Å². The number of hydrogen-bond donors (Lipinski definition) is 1. The van der Waals surface area contributed by atoms with Gasteiger partial charge in [0.2, 0.25) is 0 Å². The van der Waals surface area contributed by atoms with E-state index in [2.05, 4.69) is 46.0 Å². The standard InChI is InChI=1S/C13H16BrN3/c1-8-6-11(14)5-4-10(8)7-12-9(2)17(3)13(15)16-12/h4-6H,7H2,1-3H3,(H2,15,16). The largest absolute Gasteiger partial charge is 0.369 e. The van der Waals surface area contributed by atoms with Crippen LogP contribution in [0.1, 0.15) is 22.5 Å². The van der Waals surface area contributed by atoms with Crippen molar-refractivity contribution >= 4 is 21.9 Å². The summed E-state index contributed by atoms with van der Waals surface area (Å²) in [5, 5.41) is 0. The number of aromatic nitrogens is 2. The summed E-state index contributed by atoms with van der Waals surface area (Å²) in [4.78, 5) is 4.40. The summed E-state index contributed by atoms with van der Waals surface area (Å²) in [5.41, 5.74) is 10.5. The Balaban J connectivity index is 2.34. The minimum atomic E-state index is 0.576. The lowest BCUT2D eigenvalue weighted by Gasteiger charge is -2.05. The molecule has 2 N–H and O–H groups in total. The summed E-state index contributed by atoms with van der Waals surface area (Å²) in [5.74, 6) is 0.576. The third-order valence-electron chi connectivity index (χ3n) is 3.18. The number of hydrogen-bond acceptors (Lipinski definition) is 2. The van der Waals surface area contributed by atoms with E-state index >= 15 is 0 Å². The summed E-state index contributed by atoms with van der Waals surface area (Å²) in [6, 6.07) is 6.31. The second-order valence-corrected chi connectivity index (χ2v) is 5.22. The van der Waals surface area contributed by atoms with Crippen LogP contribution >= 0.6 is 15.9 Å². The summed E-state index contributed by atoms with van der Waals surface area (Å²) in [6.07, 6.45) is 0.829. The highest BCUT2D eigenvalue weighted by Crippen LogP contribution is 2.20. The van der Waals surface area contributed by atoms with Crippen molar-refractivity contribution < 1.29 is 0 Å². The highest BCUT2D eigenvalue weighted by atomic mass is 79.9. The van der Waals surface area contributed by atoms with Crippen molar-refractivity contribution in [3.8, 4) is 0 Å². The first kappa shape index (κ1) is 12.2. The van der Waals surface area contributed by atoms with Crippen LogP contribution in [0.25, 0.3) is 0 Å². The minimum Gasteiger partial charge on any atom is -0.369 e. The Morgan fingerprint density at radius 3 is 2.59 bits per heavy atom. The number of anilines is 1. The van der Waals surface area contributed by atoms with Gasteiger partial charge < -0.3 is 10.3 Å². The average molecular weight is 294 g/mol. The van der Waals surface area contributed by atoms with E-state index < -0.39 is 0 Å². The van der Waals surface area contributed by atoms with Crippen LogP contribution in [0.4, 0.5) is 5.95 Å². The second-order valence-electron chi connectivity index (χ2n) is 4.31. The van der Waals surface area contributed by atoms with E-state index in [-0.39, 0.29) is 0 Å². The molecule has 0 aliphatic heterocycles. The highest BCUT2D eigenvalue weighted by molar-refractivity contribution is 9.10. The van der Waals surface area contributed by atoms with Gasteiger partial charge in [0.05, 0.1) is 5.69 Å². The van der Waals surface area contributed by atoms with Gasteiger partial charge in [-0.1, -0.05) is 22.0 Å². The van der Waals surface area contributed by atoms with Crippen LogP contribution in [0.3, 0.4) is 0 Å². The van der Waals surface area contributed by atoms with Crippen molar-refractivity contribution in [2.24, 2.45) is 7.05 Å². The maximum atomic E-state index is 5.80. The van der Waals surface area contributed by atoms with Crippen LogP contribution in [0.15, 0.2) is 22.7 Å². The Morgan fingerprint density at radius 1 is 1.35 bits per heavy atom. The van der Waals surface area contributed by atoms with Crippen LogP contribution in [0.5, 0.6) is 0 Å². The van der Waals surface area contributed by atoms with E-state index in [0.717, 1.165) is 22.3 Å². The van der Waals surface area contributed by atoms with Crippen molar-refractivity contribution in [1.29, 1.82) is 0 Å². The van der Waals surface area contributed by atoms with Crippen LogP contribution in [0.2, 0.25) is 0 Å². The lowest BCUT2D eigenvalue weighted by molar-refractivity contribution is 0.881. The highest BCUT2D eigenvalue weighted by Gasteiger charge is 2.10. The van der Waals surface area contributed by atoms with Gasteiger partial charge in [-0.3, -0.25) is 0 Å². The molecule has 0 fully saturated rings. The Bertz CT molecular complexity index is 558. The van der Waals surface area contributed by atoms with E-state index in [9.17, 15) is 0 Å². The van der Waals surface area contributed by atoms with Gasteiger partial charge in [-0.2, -0.15) is 0 Å². The first-order valence-electron chi connectivity index (χ1n) is 5.51. The molecule has 0 aliphatic rings. The minimum absolute atomic E-state index is 0.576. The summed E-state index contributed by atoms with van der Waals surface area (Å²) in [6.45, 7) is 4.16. The molecule has 0 saturated heterocycles. The third-order valence-corrected chi connectivity index (χ3v) is 3.67. The Morgan fingerprint density at radius 2 is 2.06 bits per heavy atom. The molecule has 17 heavy (non-hydrogen) atoms. The summed E-state index contributed by atoms with van der Waals surface area (Å²) in [7, 11) is 1.94. The number of imidazole rings is 1. The maximum Gasteiger partial charge on any atom is 0.200 e. The molecule has 0 saturated carbocycles. The van der Waals surface area contributed by atoms with Gasteiger partial charge in [0.1, 0.15) is 0 Å². The fourth-order valence-corrected chi connectivity index (χ4v) is 2.34. The van der Waals surface area contributed by atoms with E-state index in [1.54, 1.807) is 0 Å². The molecule has 3 nitrogen and oxygen atoms in total. The van der Waals surface area contributed by atoms with Crippen molar-refractivity contribution in [3.63, 3.8) is 0 Å². The monoisotopic (exact) mass is 293 g/mol. The van der Waals surface area contributed by atoms with Gasteiger partial charge in [-0.15, -0.1) is 0 Å². The average Bonchev–Trinajstić information content (AvgIpc) is 2.50. The number of nitrogens with two attached hydrogens (primary N) is 1. The van der Waals surface area contributed by atoms with Gasteiger partial charge in [-0.05, 0) is 37.1 Å². The molecule has 2 rings (SSSR count). The fourth-order valence-electron chi connectivity index (χ4n) is 1.87. The first-order chi connectivity index (χ1) is 7.99. The molecular weight excluding hydrogens is 278 g/mol. The predicted octanol–water partition coefficient (Wildman–Crippen LogP) is 2.97. The number of aryl methyl sites for hydroxylation is 1. The number of halogens is 1. The van der Waals surface area contributed by atoms with E-state index in [4.69, 9.17) is 5.73 Å². The Hall–Kier alpha value is -1.29. The molecule has 1 aromatic carbocycles. The molecule has 0 atom stereocenters. The molecule has 90 valence electrons. The van der Waals surface area contributed by atoms with Gasteiger partial charge in [-0.25, -0.2) is 4.98 Å². The van der Waals surface area contributed by atoms with E-state index in [1.165, 1.54) is 11.1 Å². The zero-order chi connectivity index (χ0) is 12.6. The number of nitrogens with zero attached hydrogens (tertiary/aromatic N) is 2. The number of nitrogen functional groups attached to an aromatic ring is 1. The first-order valence-corrected chi connectivity index (χ1v) is 6.31. The topological polar surface area (TPSA) is 43.8 Å². The second kappa shape index (κ2) is 4.53. The lowest BCUT2D eigenvalue weighted by atomic mass is 10.0. The SMILES string of the molecule is Cc1cc(Br)ccc1Cc1nc(N)n(C)c1C. The van der Waals surface area contributed by atoms with Crippen molar-refractivity contribution in [3.05, 3.63) is 45.2 Å². The van der Waals surface area contributed by atoms with E-state index in [1.807, 2.05) is 18.5 Å². The van der Waals surface area contributed by atoms with Gasteiger partial charge in [0.25, 0.3) is 0 Å². The van der Waals surface area contributed by atoms with E-state index in [0.29, 0.717) is 5.95 Å². The summed E-state index contributed by atoms with van der Waals surface area (Å²) < 4.78 is 3.03. The Kier molecular flexibility index (Phi) is 3.24. The molecule has 2 aromatic rings. The van der Waals surface area contributed by atoms with Crippen LogP contribution in [0, 0.1) is 13.8 Å². The van der Waals surface area contributed by atoms with Gasteiger partial charge in [0.15, 0.2) is 5.95 Å². The number of rotatable bonds is 2. The molecule has 0 spiro atoms. The molecular formula is C13H16BrN3. The van der Waals surface area contributed by atoms with Crippen molar-refractivity contribution in [2.75, 3.05) is 5.73 Å². The molecule has 0 aliphatic carbocycles. The smallest absolute Gasteiger partial charge is 0.200 e. The maximum absolute atomic E-state index is 5.80. The number of benzene rings is 1. The quantitative estimate of drug-likeness (QED) is 0.925. The third kappa shape index (κ3) is 2.36. The molecule has 1 heterocycles. The van der Waals surface area contributed by atoms with Crippen molar-refractivity contribution in [1.82, 2.24) is 9.55 Å². The Labute approximate surface area is 110 Å². The predicted molar refractivity (Wildman–Crippen MR) is 74.0 cm³/mol. The molecule has 0 radical (unpaired) electrons. The molecule has 0 bridgehead atoms. The fraction of sp³-hybridized carbons (Fsp3) is 0.308. The lowest BCUT2D eigenvalue weighted by Crippen LogP contribution is -1.98. The summed E-state index contributed by atoms with van der Waals surface area (Å²) >= 11 is 3.47. The molecule has 0 amide bonds. The molecule has 0 unspecified atom stereocenters. The van der Waals surface area contributed by atoms with Crippen LogP contribution in [-0.2, 0) is 13.5 Å². The van der Waals surface area contributed by atoms with Crippen LogP contribution < -0.4 is 5.73 Å². The van der Waals surface area contributed by atoms with Crippen LogP contribution in [-0.4, -0.2) is 9.55 Å². The zero-order valence-electron chi connectivity index (χ0n) is 10.3. The molecule has 4 heteroatoms. The zero-order valence-corrected chi connectivity index (χ0v) is 11.9. The van der Waals surface area contributed by atoms with Gasteiger partial charge in [0, 0.05) is 23.6 Å². The molecule has 1 aromatic heterocycles. The normalized spacial score (nSPS) is 10.8.